The number of rotatable bonds is 3. The van der Waals surface area contributed by atoms with E-state index < -0.39 is 11.9 Å². The number of carbonyl (C=O) groups excluding carboxylic acids is 2. The average Bonchev–Trinajstić information content (AvgIpc) is 2.56. The molecule has 0 saturated heterocycles. The van der Waals surface area contributed by atoms with Crippen LogP contribution in [0, 0.1) is 0 Å². The van der Waals surface area contributed by atoms with E-state index in [0.29, 0.717) is 46.2 Å². The fraction of sp³-hybridized carbons (Fsp3) is 0.333. The number of benzene rings is 1. The van der Waals surface area contributed by atoms with Gasteiger partial charge in [0.25, 0.3) is 0 Å². The Morgan fingerprint density at radius 2 is 2.08 bits per heavy atom. The Labute approximate surface area is 155 Å². The van der Waals surface area contributed by atoms with Gasteiger partial charge in [-0.2, -0.15) is 0 Å². The number of carbonyl (C=O) groups is 2. The van der Waals surface area contributed by atoms with Crippen LogP contribution in [0.4, 0.5) is 0 Å². The molecule has 0 bridgehead atoms. The third-order valence-corrected chi connectivity index (χ3v) is 5.00. The van der Waals surface area contributed by atoms with Gasteiger partial charge in [0.05, 0.1) is 22.6 Å². The van der Waals surface area contributed by atoms with Gasteiger partial charge in [0.1, 0.15) is 11.3 Å². The first-order valence-electron chi connectivity index (χ1n) is 7.99. The second-order valence-corrected chi connectivity index (χ2v) is 6.63. The summed E-state index contributed by atoms with van der Waals surface area (Å²) in [4.78, 5) is 25.1. The number of Topliss-reactive ketones (excluding diaryl/α,β-unsaturated/α-hetero) is 1. The first kappa shape index (κ1) is 17.8. The van der Waals surface area contributed by atoms with Crippen molar-refractivity contribution in [1.29, 1.82) is 0 Å². The van der Waals surface area contributed by atoms with Crippen molar-refractivity contribution in [2.45, 2.75) is 32.1 Å². The van der Waals surface area contributed by atoms with E-state index in [4.69, 9.17) is 38.4 Å². The van der Waals surface area contributed by atoms with Crippen LogP contribution < -0.4 is 5.73 Å². The van der Waals surface area contributed by atoms with Crippen LogP contribution in [0.3, 0.4) is 0 Å². The number of ether oxygens (including phenoxy) is 2. The smallest absolute Gasteiger partial charge is 0.340 e. The summed E-state index contributed by atoms with van der Waals surface area (Å²) in [5.41, 5.74) is 7.22. The molecule has 0 amide bonds. The van der Waals surface area contributed by atoms with Crippen molar-refractivity contribution in [3.8, 4) is 0 Å². The molecule has 0 spiro atoms. The first-order chi connectivity index (χ1) is 11.9. The Balaban J connectivity index is 2.18. The molecule has 1 aliphatic heterocycles. The van der Waals surface area contributed by atoms with Gasteiger partial charge in [-0.05, 0) is 31.0 Å². The van der Waals surface area contributed by atoms with E-state index >= 15 is 0 Å². The van der Waals surface area contributed by atoms with Crippen molar-refractivity contribution < 1.29 is 19.1 Å². The third kappa shape index (κ3) is 3.26. The summed E-state index contributed by atoms with van der Waals surface area (Å²) >= 11 is 12.1. The van der Waals surface area contributed by atoms with Crippen LogP contribution >= 0.6 is 23.2 Å². The lowest BCUT2D eigenvalue weighted by Gasteiger charge is -2.32. The Morgan fingerprint density at radius 3 is 2.76 bits per heavy atom. The predicted molar refractivity (Wildman–Crippen MR) is 94.0 cm³/mol. The Hall–Kier alpha value is -1.98. The van der Waals surface area contributed by atoms with Crippen LogP contribution in [0.5, 0.6) is 0 Å². The van der Waals surface area contributed by atoms with Crippen LogP contribution in [0.2, 0.25) is 10.0 Å². The van der Waals surface area contributed by atoms with E-state index in [0.717, 1.165) is 0 Å². The summed E-state index contributed by atoms with van der Waals surface area (Å²) in [5, 5.41) is 0.717. The molecular weight excluding hydrogens is 365 g/mol. The van der Waals surface area contributed by atoms with E-state index in [1.807, 2.05) is 0 Å². The molecule has 1 unspecified atom stereocenters. The van der Waals surface area contributed by atoms with Crippen molar-refractivity contribution in [2.75, 3.05) is 6.61 Å². The van der Waals surface area contributed by atoms with E-state index in [-0.39, 0.29) is 23.8 Å². The normalized spacial score (nSPS) is 20.3. The molecule has 0 radical (unpaired) electrons. The van der Waals surface area contributed by atoms with Gasteiger partial charge in [0, 0.05) is 18.4 Å². The van der Waals surface area contributed by atoms with E-state index in [2.05, 4.69) is 0 Å². The van der Waals surface area contributed by atoms with Crippen molar-refractivity contribution in [3.05, 3.63) is 56.6 Å². The molecule has 0 aromatic heterocycles. The minimum atomic E-state index is -0.676. The SMILES string of the molecule is CCOC(=O)C1=C(N)OC2=C(C(=O)CCC2)C1c1ccc(Cl)c(Cl)c1. The summed E-state index contributed by atoms with van der Waals surface area (Å²) in [6.07, 6.45) is 1.68. The Bertz CT molecular complexity index is 813. The topological polar surface area (TPSA) is 78.6 Å². The molecule has 0 fully saturated rings. The molecule has 2 aliphatic rings. The van der Waals surface area contributed by atoms with Crippen molar-refractivity contribution >= 4 is 35.0 Å². The number of hydrogen-bond donors (Lipinski definition) is 1. The highest BCUT2D eigenvalue weighted by Gasteiger charge is 2.41. The molecule has 1 aromatic rings. The summed E-state index contributed by atoms with van der Waals surface area (Å²) in [6, 6.07) is 4.99. The molecule has 3 rings (SSSR count). The highest BCUT2D eigenvalue weighted by molar-refractivity contribution is 6.42. The molecule has 0 saturated carbocycles. The second-order valence-electron chi connectivity index (χ2n) is 5.82. The van der Waals surface area contributed by atoms with Gasteiger partial charge in [0.15, 0.2) is 5.78 Å². The number of allylic oxidation sites excluding steroid dienone is 2. The Kier molecular flexibility index (Phi) is 5.06. The molecule has 2 N–H and O–H groups in total. The van der Waals surface area contributed by atoms with Crippen LogP contribution in [-0.4, -0.2) is 18.4 Å². The molecule has 1 aromatic carbocycles. The van der Waals surface area contributed by atoms with E-state index in [1.165, 1.54) is 0 Å². The van der Waals surface area contributed by atoms with Crippen LogP contribution in [0.25, 0.3) is 0 Å². The molecule has 7 heteroatoms. The van der Waals surface area contributed by atoms with Gasteiger partial charge in [-0.3, -0.25) is 4.79 Å². The monoisotopic (exact) mass is 381 g/mol. The molecule has 1 heterocycles. The minimum absolute atomic E-state index is 0.0389. The first-order valence-corrected chi connectivity index (χ1v) is 8.75. The summed E-state index contributed by atoms with van der Waals surface area (Å²) in [5.74, 6) is -0.876. The molecule has 25 heavy (non-hydrogen) atoms. The van der Waals surface area contributed by atoms with Gasteiger partial charge in [-0.15, -0.1) is 0 Å². The number of halogens is 2. The average molecular weight is 382 g/mol. The van der Waals surface area contributed by atoms with Gasteiger partial charge in [-0.25, -0.2) is 4.79 Å². The molecule has 1 atom stereocenters. The third-order valence-electron chi connectivity index (χ3n) is 4.26. The lowest BCUT2D eigenvalue weighted by molar-refractivity contribution is -0.139. The lowest BCUT2D eigenvalue weighted by Crippen LogP contribution is -2.31. The lowest BCUT2D eigenvalue weighted by atomic mass is 9.77. The predicted octanol–water partition coefficient (Wildman–Crippen LogP) is 3.85. The fourth-order valence-electron chi connectivity index (χ4n) is 3.19. The van der Waals surface area contributed by atoms with E-state index in [9.17, 15) is 9.59 Å². The number of hydrogen-bond acceptors (Lipinski definition) is 5. The highest BCUT2D eigenvalue weighted by atomic mass is 35.5. The minimum Gasteiger partial charge on any atom is -0.462 e. The van der Waals surface area contributed by atoms with Gasteiger partial charge >= 0.3 is 5.97 Å². The van der Waals surface area contributed by atoms with Crippen molar-refractivity contribution in [3.63, 3.8) is 0 Å². The maximum absolute atomic E-state index is 12.6. The highest BCUT2D eigenvalue weighted by Crippen LogP contribution is 2.44. The largest absolute Gasteiger partial charge is 0.462 e. The van der Waals surface area contributed by atoms with Gasteiger partial charge in [0.2, 0.25) is 5.88 Å². The fourth-order valence-corrected chi connectivity index (χ4v) is 3.50. The summed E-state index contributed by atoms with van der Waals surface area (Å²) in [6.45, 7) is 1.88. The quantitative estimate of drug-likeness (QED) is 0.804. The van der Waals surface area contributed by atoms with Crippen LogP contribution in [0.1, 0.15) is 37.7 Å². The van der Waals surface area contributed by atoms with Crippen molar-refractivity contribution in [2.24, 2.45) is 5.73 Å². The standard InChI is InChI=1S/C18H17Cl2NO4/c1-2-24-18(23)16-14(9-6-7-10(19)11(20)8-9)15-12(22)4-3-5-13(15)25-17(16)21/h6-8,14H,2-5,21H2,1H3. The molecule has 5 nitrogen and oxygen atoms in total. The zero-order valence-corrected chi connectivity index (χ0v) is 15.1. The number of nitrogens with two attached hydrogens (primary N) is 1. The van der Waals surface area contributed by atoms with Crippen molar-refractivity contribution in [1.82, 2.24) is 0 Å². The molecule has 1 aliphatic carbocycles. The van der Waals surface area contributed by atoms with Gasteiger partial charge < -0.3 is 15.2 Å². The van der Waals surface area contributed by atoms with Crippen LogP contribution in [0.15, 0.2) is 41.0 Å². The molecular formula is C18H17Cl2NO4. The zero-order chi connectivity index (χ0) is 18.1. The molecule has 132 valence electrons. The number of ketones is 1. The Morgan fingerprint density at radius 1 is 1.32 bits per heavy atom. The maximum atomic E-state index is 12.6. The van der Waals surface area contributed by atoms with Gasteiger partial charge in [-0.1, -0.05) is 29.3 Å². The summed E-state index contributed by atoms with van der Waals surface area (Å²) < 4.78 is 10.7. The zero-order valence-electron chi connectivity index (χ0n) is 13.6. The maximum Gasteiger partial charge on any atom is 0.340 e. The van der Waals surface area contributed by atoms with E-state index in [1.54, 1.807) is 25.1 Å². The summed E-state index contributed by atoms with van der Waals surface area (Å²) in [7, 11) is 0. The second kappa shape index (κ2) is 7.10. The van der Waals surface area contributed by atoms with Crippen LogP contribution in [-0.2, 0) is 19.1 Å². The number of esters is 1.